The van der Waals surface area contributed by atoms with Crippen LogP contribution >= 0.6 is 0 Å². The lowest BCUT2D eigenvalue weighted by molar-refractivity contribution is 0.459. The maximum atomic E-state index is 4.79. The van der Waals surface area contributed by atoms with Crippen molar-refractivity contribution >= 4 is 0 Å². The molecular formula is C17H24N4. The van der Waals surface area contributed by atoms with Crippen LogP contribution in [0.4, 0.5) is 0 Å². The van der Waals surface area contributed by atoms with E-state index in [1.54, 1.807) is 0 Å². The predicted octanol–water partition coefficient (Wildman–Crippen LogP) is 3.20. The minimum Gasteiger partial charge on any atom is -0.313 e. The summed E-state index contributed by atoms with van der Waals surface area (Å²) in [4.78, 5) is 4.39. The van der Waals surface area contributed by atoms with Gasteiger partial charge in [0.25, 0.3) is 0 Å². The van der Waals surface area contributed by atoms with Gasteiger partial charge in [0.15, 0.2) is 0 Å². The van der Waals surface area contributed by atoms with Crippen molar-refractivity contribution in [3.05, 3.63) is 47.5 Å². The Kier molecular flexibility index (Phi) is 4.34. The molecule has 21 heavy (non-hydrogen) atoms. The van der Waals surface area contributed by atoms with E-state index in [0.717, 1.165) is 17.8 Å². The number of aromatic nitrogens is 3. The van der Waals surface area contributed by atoms with E-state index < -0.39 is 0 Å². The third-order valence-corrected chi connectivity index (χ3v) is 4.55. The van der Waals surface area contributed by atoms with E-state index in [1.165, 1.54) is 31.2 Å². The van der Waals surface area contributed by atoms with Gasteiger partial charge in [-0.25, -0.2) is 0 Å². The minimum atomic E-state index is 0.269. The van der Waals surface area contributed by atoms with E-state index in [9.17, 15) is 0 Å². The van der Waals surface area contributed by atoms with Crippen LogP contribution in [0.15, 0.2) is 30.6 Å². The van der Waals surface area contributed by atoms with Gasteiger partial charge in [-0.3, -0.25) is 9.67 Å². The minimum absolute atomic E-state index is 0.269. The van der Waals surface area contributed by atoms with Gasteiger partial charge in [-0.05, 0) is 44.5 Å². The van der Waals surface area contributed by atoms with Gasteiger partial charge in [-0.15, -0.1) is 0 Å². The van der Waals surface area contributed by atoms with Crippen molar-refractivity contribution in [3.63, 3.8) is 0 Å². The molecule has 1 atom stereocenters. The van der Waals surface area contributed by atoms with Crippen LogP contribution in [0.1, 0.15) is 54.7 Å². The molecule has 0 aromatic carbocycles. The summed E-state index contributed by atoms with van der Waals surface area (Å²) in [6, 6.07) is 7.20. The molecular weight excluding hydrogens is 260 g/mol. The Balaban J connectivity index is 1.74. The molecule has 1 saturated carbocycles. The predicted molar refractivity (Wildman–Crippen MR) is 84.2 cm³/mol. The highest BCUT2D eigenvalue weighted by molar-refractivity contribution is 5.24. The Labute approximate surface area is 126 Å². The average molecular weight is 284 g/mol. The second-order valence-electron chi connectivity index (χ2n) is 5.95. The summed E-state index contributed by atoms with van der Waals surface area (Å²) in [5.74, 6) is 0. The van der Waals surface area contributed by atoms with E-state index in [1.807, 2.05) is 19.3 Å². The van der Waals surface area contributed by atoms with Gasteiger partial charge in [0, 0.05) is 30.6 Å². The first kappa shape index (κ1) is 14.3. The van der Waals surface area contributed by atoms with Crippen molar-refractivity contribution in [2.75, 3.05) is 7.05 Å². The van der Waals surface area contributed by atoms with Crippen molar-refractivity contribution in [3.8, 4) is 0 Å². The average Bonchev–Trinajstić information content (AvgIpc) is 3.16. The molecule has 0 aliphatic heterocycles. The fraction of sp³-hybridized carbons (Fsp3) is 0.529. The van der Waals surface area contributed by atoms with E-state index in [4.69, 9.17) is 5.10 Å². The number of pyridine rings is 1. The molecule has 4 heteroatoms. The van der Waals surface area contributed by atoms with Crippen LogP contribution in [0.2, 0.25) is 0 Å². The maximum absolute atomic E-state index is 4.79. The first-order valence-electron chi connectivity index (χ1n) is 7.90. The van der Waals surface area contributed by atoms with Gasteiger partial charge in [0.05, 0.1) is 11.7 Å². The number of aryl methyl sites for hydroxylation is 1. The SMILES string of the molecule is CNC(Cc1ccn(C2CCCC2)n1)c1cccnc1C. The van der Waals surface area contributed by atoms with Crippen LogP contribution in [-0.4, -0.2) is 21.8 Å². The van der Waals surface area contributed by atoms with Crippen molar-refractivity contribution in [1.29, 1.82) is 0 Å². The number of nitrogens with one attached hydrogen (secondary N) is 1. The van der Waals surface area contributed by atoms with Crippen molar-refractivity contribution in [2.24, 2.45) is 0 Å². The van der Waals surface area contributed by atoms with E-state index in [0.29, 0.717) is 6.04 Å². The molecule has 0 bridgehead atoms. The second kappa shape index (κ2) is 6.39. The Hall–Kier alpha value is -1.68. The third-order valence-electron chi connectivity index (χ3n) is 4.55. The molecule has 0 spiro atoms. The quantitative estimate of drug-likeness (QED) is 0.917. The molecule has 0 amide bonds. The van der Waals surface area contributed by atoms with Crippen LogP contribution < -0.4 is 5.32 Å². The summed E-state index contributed by atoms with van der Waals surface area (Å²) in [5, 5.41) is 8.19. The van der Waals surface area contributed by atoms with Gasteiger partial charge in [-0.1, -0.05) is 18.9 Å². The largest absolute Gasteiger partial charge is 0.313 e. The molecule has 0 saturated heterocycles. The molecule has 112 valence electrons. The highest BCUT2D eigenvalue weighted by Crippen LogP contribution is 2.29. The summed E-state index contributed by atoms with van der Waals surface area (Å²) < 4.78 is 2.17. The lowest BCUT2D eigenvalue weighted by Crippen LogP contribution is -2.20. The highest BCUT2D eigenvalue weighted by atomic mass is 15.3. The van der Waals surface area contributed by atoms with Crippen LogP contribution in [-0.2, 0) is 6.42 Å². The molecule has 1 aliphatic rings. The fourth-order valence-corrected chi connectivity index (χ4v) is 3.30. The van der Waals surface area contributed by atoms with Crippen LogP contribution in [0, 0.1) is 6.92 Å². The van der Waals surface area contributed by atoms with E-state index >= 15 is 0 Å². The lowest BCUT2D eigenvalue weighted by Gasteiger charge is -2.17. The number of likely N-dealkylation sites (N-methyl/N-ethyl adjacent to an activating group) is 1. The monoisotopic (exact) mass is 284 g/mol. The highest BCUT2D eigenvalue weighted by Gasteiger charge is 2.19. The van der Waals surface area contributed by atoms with Gasteiger partial charge in [-0.2, -0.15) is 5.10 Å². The first-order chi connectivity index (χ1) is 10.3. The van der Waals surface area contributed by atoms with E-state index in [2.05, 4.69) is 40.2 Å². The summed E-state index contributed by atoms with van der Waals surface area (Å²) in [6.45, 7) is 2.07. The standard InChI is InChI=1S/C17H24N4/c1-13-16(8-5-10-19-13)17(18-2)12-14-9-11-21(20-14)15-6-3-4-7-15/h5,8-11,15,17-18H,3-4,6-7,12H2,1-2H3. The number of rotatable bonds is 5. The van der Waals surface area contributed by atoms with Crippen molar-refractivity contribution in [1.82, 2.24) is 20.1 Å². The van der Waals surface area contributed by atoms with Gasteiger partial charge >= 0.3 is 0 Å². The molecule has 3 rings (SSSR count). The topological polar surface area (TPSA) is 42.7 Å². The molecule has 1 unspecified atom stereocenters. The molecule has 1 aliphatic carbocycles. The van der Waals surface area contributed by atoms with Gasteiger partial charge in [0.1, 0.15) is 0 Å². The van der Waals surface area contributed by atoms with Crippen molar-refractivity contribution in [2.45, 2.75) is 51.1 Å². The first-order valence-corrected chi connectivity index (χ1v) is 7.90. The molecule has 2 aromatic heterocycles. The van der Waals surface area contributed by atoms with Crippen molar-refractivity contribution < 1.29 is 0 Å². The normalized spacial score (nSPS) is 17.2. The smallest absolute Gasteiger partial charge is 0.0643 e. The third kappa shape index (κ3) is 3.16. The molecule has 2 aromatic rings. The summed E-state index contributed by atoms with van der Waals surface area (Å²) in [6.07, 6.45) is 10.1. The molecule has 1 fully saturated rings. The number of hydrogen-bond donors (Lipinski definition) is 1. The van der Waals surface area contributed by atoms with Gasteiger partial charge in [0.2, 0.25) is 0 Å². The van der Waals surface area contributed by atoms with E-state index in [-0.39, 0.29) is 6.04 Å². The molecule has 1 N–H and O–H groups in total. The summed E-state index contributed by atoms with van der Waals surface area (Å²) in [7, 11) is 2.01. The maximum Gasteiger partial charge on any atom is 0.0643 e. The summed E-state index contributed by atoms with van der Waals surface area (Å²) in [5.41, 5.74) is 3.51. The zero-order valence-electron chi connectivity index (χ0n) is 12.9. The molecule has 4 nitrogen and oxygen atoms in total. The number of nitrogens with zero attached hydrogens (tertiary/aromatic N) is 3. The zero-order valence-corrected chi connectivity index (χ0v) is 12.9. The van der Waals surface area contributed by atoms with Crippen LogP contribution in [0.25, 0.3) is 0 Å². The van der Waals surface area contributed by atoms with Gasteiger partial charge < -0.3 is 5.32 Å². The summed E-state index contributed by atoms with van der Waals surface area (Å²) >= 11 is 0. The molecule has 0 radical (unpaired) electrons. The zero-order chi connectivity index (χ0) is 14.7. The lowest BCUT2D eigenvalue weighted by atomic mass is 10.0. The number of hydrogen-bond acceptors (Lipinski definition) is 3. The van der Waals surface area contributed by atoms with Crippen LogP contribution in [0.5, 0.6) is 0 Å². The molecule has 2 heterocycles. The Bertz CT molecular complexity index is 584. The second-order valence-corrected chi connectivity index (χ2v) is 5.95. The fourth-order valence-electron chi connectivity index (χ4n) is 3.30. The Morgan fingerprint density at radius 1 is 1.33 bits per heavy atom. The van der Waals surface area contributed by atoms with Crippen LogP contribution in [0.3, 0.4) is 0 Å². The Morgan fingerprint density at radius 3 is 2.86 bits per heavy atom. The Morgan fingerprint density at radius 2 is 2.14 bits per heavy atom.